The van der Waals surface area contributed by atoms with Gasteiger partial charge in [-0.25, -0.2) is 4.98 Å². The molecule has 2 aromatic rings. The third kappa shape index (κ3) is 2.17. The Kier molecular flexibility index (Phi) is 2.88. The normalized spacial score (nSPS) is 19.7. The lowest BCUT2D eigenvalue weighted by Crippen LogP contribution is -2.40. The van der Waals surface area contributed by atoms with Crippen LogP contribution in [-0.2, 0) is 6.42 Å². The van der Waals surface area contributed by atoms with Crippen molar-refractivity contribution in [3.8, 4) is 5.75 Å². The average molecular weight is 280 g/mol. The van der Waals surface area contributed by atoms with Gasteiger partial charge in [0.15, 0.2) is 0 Å². The van der Waals surface area contributed by atoms with E-state index in [-0.39, 0.29) is 0 Å². The van der Waals surface area contributed by atoms with Crippen LogP contribution in [0.5, 0.6) is 5.75 Å². The number of fused-ring (bicyclic) bond motifs is 1. The number of pyridine rings is 1. The third-order valence-corrected chi connectivity index (χ3v) is 4.99. The summed E-state index contributed by atoms with van der Waals surface area (Å²) in [5.41, 5.74) is 2.77. The third-order valence-electron chi connectivity index (χ3n) is 4.99. The number of phenolic OH excluding ortho intramolecular Hbond substituents is 1. The molecule has 0 atom stereocenters. The van der Waals surface area contributed by atoms with E-state index in [0.29, 0.717) is 11.2 Å². The summed E-state index contributed by atoms with van der Waals surface area (Å²) >= 11 is 0. The van der Waals surface area contributed by atoms with Crippen LogP contribution in [0.4, 0.5) is 11.5 Å². The zero-order valence-electron chi connectivity index (χ0n) is 12.1. The number of nitrogens with zero attached hydrogens (tertiary/aromatic N) is 2. The largest absolute Gasteiger partial charge is 0.508 e. The van der Waals surface area contributed by atoms with E-state index in [4.69, 9.17) is 0 Å². The first-order valence-corrected chi connectivity index (χ1v) is 7.76. The number of anilines is 2. The van der Waals surface area contributed by atoms with Gasteiger partial charge >= 0.3 is 0 Å². The fraction of sp³-hybridized carbons (Fsp3) is 0.389. The molecule has 21 heavy (non-hydrogen) atoms. The maximum atomic E-state index is 9.80. The van der Waals surface area contributed by atoms with E-state index in [0.717, 1.165) is 24.5 Å². The van der Waals surface area contributed by atoms with Crippen molar-refractivity contribution in [1.82, 2.24) is 4.98 Å². The minimum absolute atomic E-state index is 0.316. The molecule has 2 heterocycles. The summed E-state index contributed by atoms with van der Waals surface area (Å²) in [6.45, 7) is 1.01. The summed E-state index contributed by atoms with van der Waals surface area (Å²) in [5, 5.41) is 9.80. The molecular formula is C18H20N2O. The topological polar surface area (TPSA) is 36.4 Å². The molecule has 1 aliphatic heterocycles. The average Bonchev–Trinajstić information content (AvgIpc) is 2.94. The van der Waals surface area contributed by atoms with E-state index >= 15 is 0 Å². The van der Waals surface area contributed by atoms with Crippen LogP contribution in [0.15, 0.2) is 42.6 Å². The number of benzene rings is 1. The number of hydrogen-bond donors (Lipinski definition) is 1. The fourth-order valence-corrected chi connectivity index (χ4v) is 4.02. The van der Waals surface area contributed by atoms with Crippen molar-refractivity contribution < 1.29 is 5.11 Å². The van der Waals surface area contributed by atoms with Crippen LogP contribution in [0, 0.1) is 5.41 Å². The molecule has 1 fully saturated rings. The van der Waals surface area contributed by atoms with Crippen LogP contribution in [0.1, 0.15) is 31.2 Å². The standard InChI is InChI=1S/C18H20N2O/c21-16-7-3-6-15(11-16)20-13-18(8-1-2-9-18)12-14-5-4-10-19-17(14)20/h3-7,10-11,21H,1-2,8-9,12-13H2. The van der Waals surface area contributed by atoms with Crippen LogP contribution >= 0.6 is 0 Å². The van der Waals surface area contributed by atoms with Gasteiger partial charge in [0.05, 0.1) is 0 Å². The second kappa shape index (κ2) is 4.76. The number of aromatic hydroxyl groups is 1. The zero-order valence-corrected chi connectivity index (χ0v) is 12.1. The number of hydrogen-bond acceptors (Lipinski definition) is 3. The van der Waals surface area contributed by atoms with Crippen molar-refractivity contribution in [2.45, 2.75) is 32.1 Å². The highest BCUT2D eigenvalue weighted by molar-refractivity contribution is 5.66. The van der Waals surface area contributed by atoms with Gasteiger partial charge in [0.25, 0.3) is 0 Å². The van der Waals surface area contributed by atoms with E-state index in [1.807, 2.05) is 24.4 Å². The Morgan fingerprint density at radius 1 is 1.10 bits per heavy atom. The Hall–Kier alpha value is -2.03. The van der Waals surface area contributed by atoms with Crippen molar-refractivity contribution in [2.75, 3.05) is 11.4 Å². The molecule has 1 spiro atoms. The molecule has 2 aliphatic rings. The second-order valence-electron chi connectivity index (χ2n) is 6.48. The maximum Gasteiger partial charge on any atom is 0.136 e. The van der Waals surface area contributed by atoms with E-state index in [9.17, 15) is 5.11 Å². The van der Waals surface area contributed by atoms with Gasteiger partial charge in [0, 0.05) is 24.5 Å². The van der Waals surface area contributed by atoms with Crippen molar-refractivity contribution in [3.63, 3.8) is 0 Å². The van der Waals surface area contributed by atoms with Gasteiger partial charge < -0.3 is 10.0 Å². The number of rotatable bonds is 1. The molecular weight excluding hydrogens is 260 g/mol. The van der Waals surface area contributed by atoms with Crippen LogP contribution in [0.25, 0.3) is 0 Å². The fourth-order valence-electron chi connectivity index (χ4n) is 4.02. The molecule has 0 bridgehead atoms. The van der Waals surface area contributed by atoms with Gasteiger partial charge in [0.1, 0.15) is 11.6 Å². The molecule has 1 aromatic heterocycles. The summed E-state index contributed by atoms with van der Waals surface area (Å²) in [6.07, 6.45) is 8.28. The van der Waals surface area contributed by atoms with E-state index in [1.165, 1.54) is 31.2 Å². The van der Waals surface area contributed by atoms with E-state index < -0.39 is 0 Å². The van der Waals surface area contributed by atoms with Crippen LogP contribution in [0.3, 0.4) is 0 Å². The van der Waals surface area contributed by atoms with E-state index in [1.54, 1.807) is 6.07 Å². The summed E-state index contributed by atoms with van der Waals surface area (Å²) < 4.78 is 0. The lowest BCUT2D eigenvalue weighted by molar-refractivity contribution is 0.293. The smallest absolute Gasteiger partial charge is 0.136 e. The number of aromatic nitrogens is 1. The summed E-state index contributed by atoms with van der Waals surface area (Å²) in [4.78, 5) is 6.90. The van der Waals surface area contributed by atoms with Gasteiger partial charge in [-0.3, -0.25) is 0 Å². The van der Waals surface area contributed by atoms with Gasteiger partial charge in [-0.15, -0.1) is 0 Å². The van der Waals surface area contributed by atoms with Gasteiger partial charge in [-0.2, -0.15) is 0 Å². The first-order chi connectivity index (χ1) is 10.3. The van der Waals surface area contributed by atoms with Gasteiger partial charge in [-0.05, 0) is 48.4 Å². The molecule has 1 saturated carbocycles. The SMILES string of the molecule is Oc1cccc(N2CC3(CCCC3)Cc3cccnc32)c1. The van der Waals surface area contributed by atoms with Crippen LogP contribution in [-0.4, -0.2) is 16.6 Å². The minimum Gasteiger partial charge on any atom is -0.508 e. The Balaban J connectivity index is 1.81. The van der Waals surface area contributed by atoms with Gasteiger partial charge in [-0.1, -0.05) is 25.0 Å². The highest BCUT2D eigenvalue weighted by Gasteiger charge is 2.40. The zero-order chi connectivity index (χ0) is 14.3. The minimum atomic E-state index is 0.316. The molecule has 3 heteroatoms. The molecule has 1 N–H and O–H groups in total. The lowest BCUT2D eigenvalue weighted by atomic mass is 9.77. The van der Waals surface area contributed by atoms with Gasteiger partial charge in [0.2, 0.25) is 0 Å². The number of phenols is 1. The van der Waals surface area contributed by atoms with Crippen molar-refractivity contribution in [2.24, 2.45) is 5.41 Å². The maximum absolute atomic E-state index is 9.80. The highest BCUT2D eigenvalue weighted by atomic mass is 16.3. The lowest BCUT2D eigenvalue weighted by Gasteiger charge is -2.42. The molecule has 108 valence electrons. The Labute approximate surface area is 125 Å². The van der Waals surface area contributed by atoms with Crippen molar-refractivity contribution in [1.29, 1.82) is 0 Å². The highest BCUT2D eigenvalue weighted by Crippen LogP contribution is 2.48. The molecule has 1 aromatic carbocycles. The first-order valence-electron chi connectivity index (χ1n) is 7.76. The van der Waals surface area contributed by atoms with Crippen molar-refractivity contribution >= 4 is 11.5 Å². The quantitative estimate of drug-likeness (QED) is 0.856. The Bertz CT molecular complexity index is 662. The molecule has 0 saturated heterocycles. The molecule has 0 amide bonds. The molecule has 1 aliphatic carbocycles. The molecule has 4 rings (SSSR count). The first kappa shape index (κ1) is 12.7. The summed E-state index contributed by atoms with van der Waals surface area (Å²) in [7, 11) is 0. The predicted octanol–water partition coefficient (Wildman–Crippen LogP) is 4.04. The van der Waals surface area contributed by atoms with E-state index in [2.05, 4.69) is 22.0 Å². The second-order valence-corrected chi connectivity index (χ2v) is 6.48. The van der Waals surface area contributed by atoms with Crippen molar-refractivity contribution in [3.05, 3.63) is 48.2 Å². The molecule has 3 nitrogen and oxygen atoms in total. The molecule has 0 radical (unpaired) electrons. The Morgan fingerprint density at radius 2 is 1.95 bits per heavy atom. The summed E-state index contributed by atoms with van der Waals surface area (Å²) in [5.74, 6) is 1.37. The predicted molar refractivity (Wildman–Crippen MR) is 84.0 cm³/mol. The molecule has 0 unspecified atom stereocenters. The Morgan fingerprint density at radius 3 is 2.76 bits per heavy atom. The monoisotopic (exact) mass is 280 g/mol. The van der Waals surface area contributed by atoms with Crippen LogP contribution < -0.4 is 4.90 Å². The summed E-state index contributed by atoms with van der Waals surface area (Å²) in [6, 6.07) is 11.8. The van der Waals surface area contributed by atoms with Crippen LogP contribution in [0.2, 0.25) is 0 Å².